The van der Waals surface area contributed by atoms with Crippen LogP contribution in [0.15, 0.2) is 30.4 Å². The number of nitrogens with zero attached hydrogens (tertiary/aromatic N) is 1. The van der Waals surface area contributed by atoms with Crippen LogP contribution in [0.5, 0.6) is 0 Å². The first-order valence-corrected chi connectivity index (χ1v) is 7.55. The van der Waals surface area contributed by atoms with E-state index in [0.717, 1.165) is 12.8 Å². The summed E-state index contributed by atoms with van der Waals surface area (Å²) in [4.78, 5) is 17.9. The molecular formula is C17H20N2O2. The number of aromatic nitrogens is 1. The third kappa shape index (κ3) is 2.14. The number of esters is 1. The highest BCUT2D eigenvalue weighted by Gasteiger charge is 2.40. The second-order valence-electron chi connectivity index (χ2n) is 6.15. The maximum Gasteiger partial charge on any atom is 0.340 e. The third-order valence-electron chi connectivity index (χ3n) is 4.99. The summed E-state index contributed by atoms with van der Waals surface area (Å²) in [6.07, 6.45) is 4.12. The number of nitrogens with one attached hydrogen (secondary N) is 1. The maximum atomic E-state index is 12.6. The number of aromatic amines is 1. The summed E-state index contributed by atoms with van der Waals surface area (Å²) in [6, 6.07) is 6.33. The number of piperidine rings is 1. The van der Waals surface area contributed by atoms with Gasteiger partial charge in [-0.3, -0.25) is 0 Å². The molecule has 2 aliphatic rings. The van der Waals surface area contributed by atoms with Crippen molar-refractivity contribution in [1.82, 2.24) is 9.88 Å². The average molecular weight is 286 g/mol. The van der Waals surface area contributed by atoms with Gasteiger partial charge >= 0.3 is 5.97 Å². The molecule has 1 unspecified atom stereocenters. The lowest BCUT2D eigenvalue weighted by molar-refractivity contribution is -0.000258. The van der Waals surface area contributed by atoms with Crippen molar-refractivity contribution in [3.63, 3.8) is 0 Å². The van der Waals surface area contributed by atoms with E-state index in [1.165, 1.54) is 12.8 Å². The minimum atomic E-state index is -0.423. The lowest BCUT2D eigenvalue weighted by atomic mass is 10.0. The molecule has 0 amide bonds. The van der Waals surface area contributed by atoms with Crippen LogP contribution in [-0.4, -0.2) is 41.1 Å². The fourth-order valence-electron chi connectivity index (χ4n) is 3.78. The molecule has 4 rings (SSSR count). The van der Waals surface area contributed by atoms with Gasteiger partial charge in [0, 0.05) is 42.0 Å². The molecule has 3 atom stereocenters. The molecule has 0 spiro atoms. The first kappa shape index (κ1) is 10.9. The molecule has 2 aliphatic heterocycles. The van der Waals surface area contributed by atoms with Gasteiger partial charge in [-0.2, -0.15) is 0 Å². The van der Waals surface area contributed by atoms with E-state index in [4.69, 9.17) is 7.48 Å². The minimum absolute atomic E-state index is 0.0593. The van der Waals surface area contributed by atoms with Crippen molar-refractivity contribution in [3.05, 3.63) is 36.0 Å². The van der Waals surface area contributed by atoms with Gasteiger partial charge in [-0.05, 0) is 26.0 Å². The molecule has 21 heavy (non-hydrogen) atoms. The lowest BCUT2D eigenvalue weighted by Crippen LogP contribution is -2.43. The van der Waals surface area contributed by atoms with Crippen LogP contribution < -0.4 is 0 Å². The Morgan fingerprint density at radius 2 is 2.14 bits per heavy atom. The molecule has 1 aromatic heterocycles. The highest BCUT2D eigenvalue weighted by atomic mass is 16.5. The highest BCUT2D eigenvalue weighted by Crippen LogP contribution is 2.35. The Morgan fingerprint density at radius 1 is 1.38 bits per heavy atom. The van der Waals surface area contributed by atoms with Crippen LogP contribution in [0.1, 0.15) is 38.8 Å². The van der Waals surface area contributed by atoms with E-state index in [2.05, 4.69) is 16.9 Å². The number of hydrogen-bond donors (Lipinski definition) is 1. The minimum Gasteiger partial charge on any atom is -0.459 e. The van der Waals surface area contributed by atoms with E-state index in [-0.39, 0.29) is 17.8 Å². The third-order valence-corrected chi connectivity index (χ3v) is 4.99. The fraction of sp³-hybridized carbons (Fsp3) is 0.471. The number of hydrogen-bond acceptors (Lipinski definition) is 3. The summed E-state index contributed by atoms with van der Waals surface area (Å²) in [5.41, 5.74) is 0.921. The van der Waals surface area contributed by atoms with Crippen molar-refractivity contribution in [2.24, 2.45) is 0 Å². The van der Waals surface area contributed by atoms with Gasteiger partial charge in [-0.1, -0.05) is 18.2 Å². The van der Waals surface area contributed by atoms with E-state index in [1.54, 1.807) is 18.2 Å². The molecule has 0 saturated carbocycles. The second kappa shape index (κ2) is 4.88. The van der Waals surface area contributed by atoms with Crippen molar-refractivity contribution in [2.45, 2.75) is 43.9 Å². The Kier molecular flexibility index (Phi) is 2.52. The zero-order valence-corrected chi connectivity index (χ0v) is 12.1. The second-order valence-corrected chi connectivity index (χ2v) is 6.15. The Hall–Kier alpha value is -1.81. The molecule has 1 aromatic carbocycles. The van der Waals surface area contributed by atoms with Crippen molar-refractivity contribution in [2.75, 3.05) is 7.05 Å². The normalized spacial score (nSPS) is 30.2. The number of carbonyl (C=O) groups is 1. The predicted molar refractivity (Wildman–Crippen MR) is 81.3 cm³/mol. The van der Waals surface area contributed by atoms with Crippen molar-refractivity contribution >= 4 is 16.9 Å². The molecular weight excluding hydrogens is 264 g/mol. The zero-order chi connectivity index (χ0) is 16.1. The monoisotopic (exact) mass is 286 g/mol. The van der Waals surface area contributed by atoms with Crippen molar-refractivity contribution < 1.29 is 12.3 Å². The zero-order valence-electron chi connectivity index (χ0n) is 14.1. The summed E-state index contributed by atoms with van der Waals surface area (Å²) in [5.74, 6) is -0.423. The molecule has 0 aliphatic carbocycles. The summed E-state index contributed by atoms with van der Waals surface area (Å²) in [6.45, 7) is 0. The quantitative estimate of drug-likeness (QED) is 0.863. The molecule has 2 saturated heterocycles. The van der Waals surface area contributed by atoms with Gasteiger partial charge in [-0.25, -0.2) is 4.79 Å². The summed E-state index contributed by atoms with van der Waals surface area (Å²) < 4.78 is 21.4. The van der Waals surface area contributed by atoms with Crippen molar-refractivity contribution in [1.29, 1.82) is 0 Å². The maximum absolute atomic E-state index is 12.6. The lowest BCUT2D eigenvalue weighted by Gasteiger charge is -2.35. The number of ether oxygens (including phenoxy) is 1. The van der Waals surface area contributed by atoms with Gasteiger partial charge < -0.3 is 14.6 Å². The highest BCUT2D eigenvalue weighted by molar-refractivity contribution is 6.04. The largest absolute Gasteiger partial charge is 0.459 e. The van der Waals surface area contributed by atoms with E-state index < -0.39 is 5.97 Å². The SMILES string of the molecule is [2H]c1ccc2c(C(=O)OC3C[C@H]4CC[C@@H](C3)N4C)c([2H])[nH]c2c1. The smallest absolute Gasteiger partial charge is 0.340 e. The van der Waals surface area contributed by atoms with Gasteiger partial charge in [0.25, 0.3) is 0 Å². The van der Waals surface area contributed by atoms with Crippen LogP contribution in [-0.2, 0) is 4.74 Å². The summed E-state index contributed by atoms with van der Waals surface area (Å²) in [5, 5.41) is 0.659. The predicted octanol–water partition coefficient (Wildman–Crippen LogP) is 2.95. The van der Waals surface area contributed by atoms with Gasteiger partial charge in [-0.15, -0.1) is 0 Å². The standard InChI is InChI=1S/C17H20N2O2/c1-19-11-6-7-12(19)9-13(8-11)21-17(20)15-10-18-16-5-3-2-4-14(15)16/h2-5,10-13,18H,6-9H2,1H3/t11-,12+,13?/i3D,10D. The first-order valence-electron chi connectivity index (χ1n) is 8.55. The molecule has 110 valence electrons. The number of rotatable bonds is 2. The number of benzene rings is 1. The van der Waals surface area contributed by atoms with Crippen LogP contribution >= 0.6 is 0 Å². The molecule has 2 bridgehead atoms. The van der Waals surface area contributed by atoms with Gasteiger partial charge in [0.1, 0.15) is 6.10 Å². The molecule has 2 fully saturated rings. The van der Waals surface area contributed by atoms with Gasteiger partial charge in [0.2, 0.25) is 0 Å². The summed E-state index contributed by atoms with van der Waals surface area (Å²) in [7, 11) is 2.15. The van der Waals surface area contributed by atoms with Gasteiger partial charge in [0.15, 0.2) is 0 Å². The molecule has 0 radical (unpaired) electrons. The van der Waals surface area contributed by atoms with E-state index in [9.17, 15) is 4.79 Å². The molecule has 3 heterocycles. The number of carbonyl (C=O) groups excluding carboxylic acids is 1. The Balaban J connectivity index is 1.57. The Labute approximate surface area is 126 Å². The van der Waals surface area contributed by atoms with Crippen LogP contribution in [0, 0.1) is 0 Å². The first-order chi connectivity index (χ1) is 11.0. The molecule has 1 N–H and O–H groups in total. The number of H-pyrrole nitrogens is 1. The Bertz CT molecular complexity index is 759. The Morgan fingerprint density at radius 3 is 2.90 bits per heavy atom. The van der Waals surface area contributed by atoms with Crippen LogP contribution in [0.3, 0.4) is 0 Å². The average Bonchev–Trinajstić information content (AvgIpc) is 2.90. The number of fused-ring (bicyclic) bond motifs is 3. The van der Waals surface area contributed by atoms with Gasteiger partial charge in [0.05, 0.1) is 8.30 Å². The van der Waals surface area contributed by atoms with Crippen molar-refractivity contribution in [3.8, 4) is 0 Å². The summed E-state index contributed by atoms with van der Waals surface area (Å²) >= 11 is 0. The van der Waals surface area contributed by atoms with Crippen LogP contribution in [0.25, 0.3) is 10.9 Å². The molecule has 2 aromatic rings. The van der Waals surface area contributed by atoms with E-state index >= 15 is 0 Å². The number of para-hydroxylation sites is 1. The van der Waals surface area contributed by atoms with Crippen LogP contribution in [0.2, 0.25) is 0 Å². The molecule has 4 heteroatoms. The fourth-order valence-corrected chi connectivity index (χ4v) is 3.78. The van der Waals surface area contributed by atoms with E-state index in [0.29, 0.717) is 29.0 Å². The molecule has 4 nitrogen and oxygen atoms in total. The topological polar surface area (TPSA) is 45.3 Å². The van der Waals surface area contributed by atoms with E-state index in [1.807, 2.05) is 0 Å². The van der Waals surface area contributed by atoms with Crippen LogP contribution in [0.4, 0.5) is 0 Å².